The molecule has 0 bridgehead atoms. The van der Waals surface area contributed by atoms with Crippen LogP contribution in [0.1, 0.15) is 30.5 Å². The van der Waals surface area contributed by atoms with Crippen LogP contribution in [-0.4, -0.2) is 28.8 Å². The first-order valence-corrected chi connectivity index (χ1v) is 13.9. The summed E-state index contributed by atoms with van der Waals surface area (Å²) >= 11 is 1.33. The summed E-state index contributed by atoms with van der Waals surface area (Å²) in [6.45, 7) is 2.84. The van der Waals surface area contributed by atoms with Gasteiger partial charge in [-0.05, 0) is 48.9 Å². The van der Waals surface area contributed by atoms with Gasteiger partial charge in [0.2, 0.25) is 4.96 Å². The number of alkyl halides is 1. The Morgan fingerprint density at radius 2 is 1.79 bits per heavy atom. The van der Waals surface area contributed by atoms with Crippen molar-refractivity contribution in [3.8, 4) is 33.9 Å². The van der Waals surface area contributed by atoms with Crippen LogP contribution in [0.3, 0.4) is 0 Å². The number of benzene rings is 3. The summed E-state index contributed by atoms with van der Waals surface area (Å²) in [7, 11) is 3.14. The van der Waals surface area contributed by atoms with Crippen LogP contribution in [0, 0.1) is 5.82 Å². The molecular weight excluding hydrogens is 564 g/mol. The van der Waals surface area contributed by atoms with Crippen molar-refractivity contribution in [2.45, 2.75) is 32.7 Å². The van der Waals surface area contributed by atoms with E-state index in [1.165, 1.54) is 31.3 Å². The van der Waals surface area contributed by atoms with Gasteiger partial charge in [0.15, 0.2) is 5.76 Å². The van der Waals surface area contributed by atoms with Crippen LogP contribution in [0.4, 0.5) is 8.78 Å². The maximum absolute atomic E-state index is 14.9. The van der Waals surface area contributed by atoms with Gasteiger partial charge in [-0.3, -0.25) is 0 Å². The zero-order valence-corrected chi connectivity index (χ0v) is 24.1. The monoisotopic (exact) mass is 591 g/mol. The number of hydrogen-bond donors (Lipinski definition) is 0. The van der Waals surface area contributed by atoms with Crippen molar-refractivity contribution in [1.29, 1.82) is 0 Å². The van der Waals surface area contributed by atoms with Gasteiger partial charge >= 0.3 is 0 Å². The van der Waals surface area contributed by atoms with Gasteiger partial charge in [0.05, 0.1) is 25.8 Å². The smallest absolute Gasteiger partial charge is 0.294 e. The molecule has 0 N–H and O–H groups in total. The van der Waals surface area contributed by atoms with Crippen LogP contribution in [0.15, 0.2) is 71.3 Å². The molecule has 42 heavy (non-hydrogen) atoms. The Morgan fingerprint density at radius 1 is 0.952 bits per heavy atom. The van der Waals surface area contributed by atoms with Crippen molar-refractivity contribution >= 4 is 27.3 Å². The van der Waals surface area contributed by atoms with Gasteiger partial charge in [0.1, 0.15) is 53.2 Å². The Labute approximate surface area is 244 Å². The number of aromatic nitrogens is 3. The molecule has 0 atom stereocenters. The maximum atomic E-state index is 14.9. The Bertz CT molecular complexity index is 1860. The van der Waals surface area contributed by atoms with Crippen molar-refractivity contribution in [3.05, 3.63) is 89.4 Å². The number of hydrogen-bond acceptors (Lipinski definition) is 8. The number of ether oxygens (including phenoxy) is 4. The van der Waals surface area contributed by atoms with E-state index in [1.54, 1.807) is 55.3 Å². The fraction of sp³-hybridized carbons (Fsp3) is 0.226. The first-order valence-electron chi connectivity index (χ1n) is 13.1. The molecule has 3 heterocycles. The summed E-state index contributed by atoms with van der Waals surface area (Å²) in [6.07, 6.45) is 1.77. The lowest BCUT2D eigenvalue weighted by atomic mass is 9.97. The average molecular weight is 592 g/mol. The molecule has 3 aromatic heterocycles. The highest BCUT2D eigenvalue weighted by Gasteiger charge is 2.24. The normalized spacial score (nSPS) is 11.8. The van der Waals surface area contributed by atoms with Gasteiger partial charge in [-0.25, -0.2) is 18.3 Å². The summed E-state index contributed by atoms with van der Waals surface area (Å²) in [5, 5.41) is 5.59. The number of rotatable bonds is 10. The molecule has 0 aliphatic carbocycles. The molecule has 216 valence electrons. The van der Waals surface area contributed by atoms with Crippen molar-refractivity contribution < 1.29 is 32.1 Å². The van der Waals surface area contributed by atoms with Crippen LogP contribution in [-0.2, 0) is 18.9 Å². The fourth-order valence-corrected chi connectivity index (χ4v) is 5.23. The molecule has 0 fully saturated rings. The largest absolute Gasteiger partial charge is 0.496 e. The van der Waals surface area contributed by atoms with Gasteiger partial charge in [-0.2, -0.15) is 0 Å². The minimum absolute atomic E-state index is 0.00222. The highest BCUT2D eigenvalue weighted by atomic mass is 32.1. The third-order valence-corrected chi connectivity index (χ3v) is 7.55. The zero-order valence-electron chi connectivity index (χ0n) is 23.3. The van der Waals surface area contributed by atoms with Gasteiger partial charge in [-0.15, -0.1) is 5.10 Å². The van der Waals surface area contributed by atoms with Crippen LogP contribution in [0.25, 0.3) is 27.4 Å². The number of halogens is 2. The van der Waals surface area contributed by atoms with Crippen LogP contribution in [0.5, 0.6) is 22.4 Å². The van der Waals surface area contributed by atoms with Crippen LogP contribution in [0.2, 0.25) is 0 Å². The molecule has 0 spiro atoms. The van der Waals surface area contributed by atoms with Crippen molar-refractivity contribution in [3.63, 3.8) is 0 Å². The minimum Gasteiger partial charge on any atom is -0.496 e. The van der Waals surface area contributed by atoms with E-state index in [0.717, 1.165) is 10.9 Å². The van der Waals surface area contributed by atoms with E-state index < -0.39 is 11.5 Å². The Hall–Kier alpha value is -4.64. The molecule has 0 unspecified atom stereocenters. The average Bonchev–Trinajstić information content (AvgIpc) is 3.68. The summed E-state index contributed by atoms with van der Waals surface area (Å²) in [5.74, 6) is 1.64. The molecule has 0 amide bonds. The van der Waals surface area contributed by atoms with Crippen molar-refractivity contribution in [2.24, 2.45) is 0 Å². The maximum Gasteiger partial charge on any atom is 0.294 e. The summed E-state index contributed by atoms with van der Waals surface area (Å²) in [6, 6.07) is 17.4. The van der Waals surface area contributed by atoms with Gasteiger partial charge in [-0.1, -0.05) is 30.3 Å². The highest BCUT2D eigenvalue weighted by Crippen LogP contribution is 2.38. The number of imidazole rings is 1. The zero-order chi connectivity index (χ0) is 29.4. The van der Waals surface area contributed by atoms with E-state index in [4.69, 9.17) is 23.4 Å². The van der Waals surface area contributed by atoms with Crippen LogP contribution >= 0.6 is 11.3 Å². The Kier molecular flexibility index (Phi) is 7.19. The van der Waals surface area contributed by atoms with Gasteiger partial charge in [0, 0.05) is 23.3 Å². The molecule has 6 aromatic rings. The predicted octanol–water partition coefficient (Wildman–Crippen LogP) is 7.72. The number of methoxy groups -OCH3 is 2. The van der Waals surface area contributed by atoms with E-state index in [0.29, 0.717) is 44.4 Å². The lowest BCUT2D eigenvalue weighted by molar-refractivity contribution is 0.212. The summed E-state index contributed by atoms with van der Waals surface area (Å²) < 4.78 is 59.7. The third kappa shape index (κ3) is 5.47. The Balaban J connectivity index is 1.20. The van der Waals surface area contributed by atoms with E-state index in [1.807, 2.05) is 24.3 Å². The minimum atomic E-state index is -1.79. The highest BCUT2D eigenvalue weighted by molar-refractivity contribution is 7.18. The molecule has 11 heteroatoms. The van der Waals surface area contributed by atoms with Crippen molar-refractivity contribution in [2.75, 3.05) is 14.2 Å². The molecule has 3 aromatic carbocycles. The SMILES string of the molecule is COc1cc(OCc2cccc(OCc3cccc(C(C)(C)F)c3F)c2)c2cc(-c3cn4nc(OC)sc4n3)oc2c1. The molecule has 8 nitrogen and oxygen atoms in total. The predicted molar refractivity (Wildman–Crippen MR) is 155 cm³/mol. The molecule has 0 saturated heterocycles. The topological polar surface area (TPSA) is 80.2 Å². The van der Waals surface area contributed by atoms with Gasteiger partial charge < -0.3 is 23.4 Å². The van der Waals surface area contributed by atoms with E-state index >= 15 is 0 Å². The van der Waals surface area contributed by atoms with Gasteiger partial charge in [0.25, 0.3) is 5.19 Å². The second-order valence-corrected chi connectivity index (χ2v) is 11.0. The fourth-order valence-electron chi connectivity index (χ4n) is 4.53. The lowest BCUT2D eigenvalue weighted by Crippen LogP contribution is -2.13. The van der Waals surface area contributed by atoms with E-state index in [2.05, 4.69) is 10.1 Å². The van der Waals surface area contributed by atoms with Crippen molar-refractivity contribution in [1.82, 2.24) is 14.6 Å². The molecule has 0 saturated carbocycles. The number of fused-ring (bicyclic) bond motifs is 2. The molecule has 0 radical (unpaired) electrons. The summed E-state index contributed by atoms with van der Waals surface area (Å²) in [4.78, 5) is 5.28. The summed E-state index contributed by atoms with van der Waals surface area (Å²) in [5.41, 5.74) is 0.530. The first-order chi connectivity index (χ1) is 20.2. The van der Waals surface area contributed by atoms with E-state index in [-0.39, 0.29) is 24.3 Å². The first kappa shape index (κ1) is 27.5. The molecule has 6 rings (SSSR count). The lowest BCUT2D eigenvalue weighted by Gasteiger charge is -2.17. The number of furan rings is 1. The molecule has 0 aliphatic rings. The molecular formula is C31H27F2N3O5S. The quantitative estimate of drug-likeness (QED) is 0.161. The van der Waals surface area contributed by atoms with Crippen LogP contribution < -0.4 is 18.9 Å². The Morgan fingerprint density at radius 3 is 2.55 bits per heavy atom. The standard InChI is InChI=1S/C31H27F2N3O5S/c1-31(2,33)23-10-6-8-19(28(23)32)17-39-20-9-5-7-18(11-20)16-40-25-12-21(37-3)13-26-22(25)14-27(41-26)24-15-36-29(34-24)42-30(35-36)38-4/h5-15H,16-17H2,1-4H3. The second kappa shape index (κ2) is 11.0. The third-order valence-electron chi connectivity index (χ3n) is 6.67. The number of nitrogens with zero attached hydrogens (tertiary/aromatic N) is 3. The molecule has 0 aliphatic heterocycles. The van der Waals surface area contributed by atoms with E-state index in [9.17, 15) is 8.78 Å². The second-order valence-electron chi connectivity index (χ2n) is 10.0.